The number of halogens is 8. The molecule has 0 radical (unpaired) electrons. The summed E-state index contributed by atoms with van der Waals surface area (Å²) in [5.74, 6) is -11.0. The molecule has 0 heterocycles. The molecule has 0 aliphatic carbocycles. The highest BCUT2D eigenvalue weighted by Crippen LogP contribution is 2.45. The zero-order chi connectivity index (χ0) is 9.50. The molecule has 0 N–H and O–H groups in total. The fraction of sp³-hybridized carbons (Fsp3) is 1.00. The van der Waals surface area contributed by atoms with Crippen molar-refractivity contribution < 1.29 is 30.7 Å². The van der Waals surface area contributed by atoms with Crippen molar-refractivity contribution in [1.82, 2.24) is 0 Å². The summed E-state index contributed by atoms with van der Waals surface area (Å²) < 4.78 is 79.5. The smallest absolute Gasteiger partial charge is 0.200 e. The molecule has 0 aliphatic rings. The summed E-state index contributed by atoms with van der Waals surface area (Å²) in [5, 5.41) is 0. The van der Waals surface area contributed by atoms with Crippen molar-refractivity contribution in [3.8, 4) is 0 Å². The van der Waals surface area contributed by atoms with Crippen LogP contribution in [0.3, 0.4) is 0 Å². The first kappa shape index (κ1) is 14.3. The van der Waals surface area contributed by atoms with Crippen LogP contribution in [0, 0.1) is 0 Å². The summed E-state index contributed by atoms with van der Waals surface area (Å²) in [6, 6.07) is 0. The second-order valence-electron chi connectivity index (χ2n) is 1.96. The van der Waals surface area contributed by atoms with Crippen LogP contribution >= 0.6 is 12.4 Å². The van der Waals surface area contributed by atoms with E-state index in [1.807, 2.05) is 0 Å². The Hall–Kier alpha value is -0.200. The highest BCUT2D eigenvalue weighted by molar-refractivity contribution is 5.85. The van der Waals surface area contributed by atoms with Crippen LogP contribution in [0.5, 0.6) is 0 Å². The van der Waals surface area contributed by atoms with Crippen molar-refractivity contribution in [1.29, 1.82) is 0 Å². The van der Waals surface area contributed by atoms with E-state index in [1.54, 1.807) is 0 Å². The predicted molar refractivity (Wildman–Crippen MR) is 28.9 cm³/mol. The van der Waals surface area contributed by atoms with Crippen molar-refractivity contribution >= 4 is 12.4 Å². The van der Waals surface area contributed by atoms with Gasteiger partial charge >= 0.3 is 18.0 Å². The largest absolute Gasteiger partial charge is 0.459 e. The Balaban J connectivity index is 0. The molecule has 0 unspecified atom stereocenters. The van der Waals surface area contributed by atoms with E-state index in [0.717, 1.165) is 0 Å². The van der Waals surface area contributed by atoms with E-state index in [-0.39, 0.29) is 12.4 Å². The van der Waals surface area contributed by atoms with Gasteiger partial charge in [0.1, 0.15) is 0 Å². The van der Waals surface area contributed by atoms with Gasteiger partial charge < -0.3 is 0 Å². The van der Waals surface area contributed by atoms with E-state index in [4.69, 9.17) is 0 Å². The van der Waals surface area contributed by atoms with Crippen LogP contribution in [-0.4, -0.2) is 18.0 Å². The standard InChI is InChI=1S/C4H3F7.ClH/c1-2(5,6)3(7,8)4(9,10)11;/h1H3;1H. The molecular formula is C4H4ClF7. The van der Waals surface area contributed by atoms with Gasteiger partial charge in [-0.2, -0.15) is 30.7 Å². The Morgan fingerprint density at radius 1 is 0.750 bits per heavy atom. The van der Waals surface area contributed by atoms with Gasteiger partial charge in [0.05, 0.1) is 0 Å². The summed E-state index contributed by atoms with van der Waals surface area (Å²) in [6.45, 7) is -0.486. The summed E-state index contributed by atoms with van der Waals surface area (Å²) in [5.41, 5.74) is 0. The van der Waals surface area contributed by atoms with E-state index >= 15 is 0 Å². The molecule has 0 aromatic carbocycles. The van der Waals surface area contributed by atoms with Crippen LogP contribution in [0.4, 0.5) is 30.7 Å². The van der Waals surface area contributed by atoms with Gasteiger partial charge in [-0.25, -0.2) is 0 Å². The Labute approximate surface area is 69.1 Å². The second kappa shape index (κ2) is 3.27. The van der Waals surface area contributed by atoms with Gasteiger partial charge in [-0.15, -0.1) is 12.4 Å². The minimum Gasteiger partial charge on any atom is -0.200 e. The minimum absolute atomic E-state index is 0. The topological polar surface area (TPSA) is 0 Å². The molecule has 8 heteroatoms. The summed E-state index contributed by atoms with van der Waals surface area (Å²) in [7, 11) is 0. The van der Waals surface area contributed by atoms with E-state index in [9.17, 15) is 30.7 Å². The lowest BCUT2D eigenvalue weighted by Gasteiger charge is -2.24. The third-order valence-corrected chi connectivity index (χ3v) is 0.907. The predicted octanol–water partition coefficient (Wildman–Crippen LogP) is 3.26. The Morgan fingerprint density at radius 3 is 1.00 bits per heavy atom. The van der Waals surface area contributed by atoms with E-state index in [0.29, 0.717) is 0 Å². The molecule has 0 aromatic rings. The zero-order valence-corrected chi connectivity index (χ0v) is 6.37. The molecular weight excluding hydrogens is 216 g/mol. The maximum atomic E-state index is 11.6. The average Bonchev–Trinajstić information content (AvgIpc) is 1.58. The fourth-order valence-corrected chi connectivity index (χ4v) is 0.249. The molecule has 0 spiro atoms. The lowest BCUT2D eigenvalue weighted by molar-refractivity contribution is -0.349. The van der Waals surface area contributed by atoms with Crippen LogP contribution in [0.1, 0.15) is 6.92 Å². The first-order valence-electron chi connectivity index (χ1n) is 2.32. The zero-order valence-electron chi connectivity index (χ0n) is 5.55. The normalized spacial score (nSPS) is 14.0. The Bertz CT molecular complexity index is 126. The second-order valence-corrected chi connectivity index (χ2v) is 1.96. The van der Waals surface area contributed by atoms with Gasteiger partial charge in [-0.1, -0.05) is 0 Å². The molecule has 0 rings (SSSR count). The molecule has 0 nitrogen and oxygen atoms in total. The van der Waals surface area contributed by atoms with Gasteiger partial charge in [0.2, 0.25) is 0 Å². The number of hydrogen-bond donors (Lipinski definition) is 0. The van der Waals surface area contributed by atoms with Gasteiger partial charge in [-0.3, -0.25) is 0 Å². The number of alkyl halides is 7. The molecule has 0 amide bonds. The lowest BCUT2D eigenvalue weighted by atomic mass is 10.2. The van der Waals surface area contributed by atoms with Crippen molar-refractivity contribution in [3.05, 3.63) is 0 Å². The van der Waals surface area contributed by atoms with Crippen molar-refractivity contribution in [2.75, 3.05) is 0 Å². The van der Waals surface area contributed by atoms with Crippen LogP contribution in [0.25, 0.3) is 0 Å². The van der Waals surface area contributed by atoms with Crippen LogP contribution in [0.2, 0.25) is 0 Å². The highest BCUT2D eigenvalue weighted by atomic mass is 35.5. The molecule has 0 bridgehead atoms. The van der Waals surface area contributed by atoms with E-state index in [1.165, 1.54) is 0 Å². The average molecular weight is 221 g/mol. The summed E-state index contributed by atoms with van der Waals surface area (Å²) >= 11 is 0. The van der Waals surface area contributed by atoms with Crippen molar-refractivity contribution in [3.63, 3.8) is 0 Å². The summed E-state index contributed by atoms with van der Waals surface area (Å²) in [4.78, 5) is 0. The number of rotatable bonds is 1. The molecule has 76 valence electrons. The molecule has 0 fully saturated rings. The first-order valence-corrected chi connectivity index (χ1v) is 2.32. The van der Waals surface area contributed by atoms with Crippen LogP contribution in [-0.2, 0) is 0 Å². The molecule has 0 atom stereocenters. The monoisotopic (exact) mass is 220 g/mol. The minimum atomic E-state index is -6.20. The fourth-order valence-electron chi connectivity index (χ4n) is 0.249. The maximum Gasteiger partial charge on any atom is 0.459 e. The molecule has 12 heavy (non-hydrogen) atoms. The quantitative estimate of drug-likeness (QED) is 0.595. The third-order valence-electron chi connectivity index (χ3n) is 0.907. The maximum absolute atomic E-state index is 11.6. The van der Waals surface area contributed by atoms with E-state index < -0.39 is 24.9 Å². The van der Waals surface area contributed by atoms with Crippen LogP contribution < -0.4 is 0 Å². The van der Waals surface area contributed by atoms with Crippen LogP contribution in [0.15, 0.2) is 0 Å². The summed E-state index contributed by atoms with van der Waals surface area (Å²) in [6.07, 6.45) is -6.20. The highest BCUT2D eigenvalue weighted by Gasteiger charge is 2.70. The molecule has 0 saturated carbocycles. The van der Waals surface area contributed by atoms with Gasteiger partial charge in [0.15, 0.2) is 0 Å². The van der Waals surface area contributed by atoms with Crippen molar-refractivity contribution in [2.45, 2.75) is 24.9 Å². The number of hydrogen-bond acceptors (Lipinski definition) is 0. The molecule has 0 aromatic heterocycles. The van der Waals surface area contributed by atoms with Gasteiger partial charge in [-0.05, 0) is 0 Å². The Kier molecular flexibility index (Phi) is 3.91. The van der Waals surface area contributed by atoms with Gasteiger partial charge in [0, 0.05) is 6.92 Å². The third kappa shape index (κ3) is 2.40. The molecule has 0 aliphatic heterocycles. The van der Waals surface area contributed by atoms with Crippen molar-refractivity contribution in [2.24, 2.45) is 0 Å². The molecule has 0 saturated heterocycles. The Morgan fingerprint density at radius 2 is 1.00 bits per heavy atom. The lowest BCUT2D eigenvalue weighted by Crippen LogP contribution is -2.50. The first-order chi connectivity index (χ1) is 4.50. The van der Waals surface area contributed by atoms with Gasteiger partial charge in [0.25, 0.3) is 0 Å². The van der Waals surface area contributed by atoms with E-state index in [2.05, 4.69) is 0 Å². The SMILES string of the molecule is CC(F)(F)C(F)(F)C(F)(F)F.Cl.